The lowest BCUT2D eigenvalue weighted by molar-refractivity contribution is 0.0527. The van der Waals surface area contributed by atoms with Gasteiger partial charge in [0.15, 0.2) is 0 Å². The third-order valence-electron chi connectivity index (χ3n) is 3.25. The molecule has 2 aromatic rings. The first kappa shape index (κ1) is 18.4. The van der Waals surface area contributed by atoms with Crippen LogP contribution in [0.3, 0.4) is 0 Å². The minimum Gasteiger partial charge on any atom is -0.462 e. The molecule has 0 fully saturated rings. The number of carbonyl (C=O) groups is 2. The van der Waals surface area contributed by atoms with Crippen molar-refractivity contribution in [1.29, 1.82) is 0 Å². The smallest absolute Gasteiger partial charge is 0.340 e. The maximum Gasteiger partial charge on any atom is 0.340 e. The van der Waals surface area contributed by atoms with Crippen LogP contribution in [0.4, 0.5) is 11.6 Å². The topological polar surface area (TPSA) is 93.2 Å². The molecular formula is C18H22N4O3. The number of para-hydroxylation sites is 1. The summed E-state index contributed by atoms with van der Waals surface area (Å²) in [6.45, 7) is 6.67. The minimum atomic E-state index is -0.421. The van der Waals surface area contributed by atoms with Gasteiger partial charge in [0.2, 0.25) is 5.95 Å². The molecule has 25 heavy (non-hydrogen) atoms. The number of ether oxygens (including phenoxy) is 1. The average Bonchev–Trinajstić information content (AvgIpc) is 2.61. The molecule has 0 spiro atoms. The Morgan fingerprint density at radius 1 is 1.16 bits per heavy atom. The monoisotopic (exact) mass is 342 g/mol. The predicted octanol–water partition coefficient (Wildman–Crippen LogP) is 2.78. The van der Waals surface area contributed by atoms with E-state index in [9.17, 15) is 9.59 Å². The van der Waals surface area contributed by atoms with Crippen LogP contribution in [0.5, 0.6) is 0 Å². The van der Waals surface area contributed by atoms with Gasteiger partial charge in [0.1, 0.15) is 0 Å². The van der Waals surface area contributed by atoms with Crippen molar-refractivity contribution in [2.45, 2.75) is 20.8 Å². The summed E-state index contributed by atoms with van der Waals surface area (Å²) in [6, 6.07) is 6.94. The summed E-state index contributed by atoms with van der Waals surface area (Å²) in [6.07, 6.45) is 2.88. The molecule has 1 heterocycles. The lowest BCUT2D eigenvalue weighted by atomic mass is 10.2. The Hall–Kier alpha value is -2.96. The SMILES string of the molecule is CCOC(=O)c1ccccc1Nc1ncc(C(=O)NCC(C)C)cn1. The third kappa shape index (κ3) is 5.27. The Morgan fingerprint density at radius 2 is 1.84 bits per heavy atom. The zero-order chi connectivity index (χ0) is 18.2. The van der Waals surface area contributed by atoms with Crippen LogP contribution >= 0.6 is 0 Å². The van der Waals surface area contributed by atoms with Crippen LogP contribution in [0.25, 0.3) is 0 Å². The number of hydrogen-bond donors (Lipinski definition) is 2. The fourth-order valence-electron chi connectivity index (χ4n) is 2.01. The van der Waals surface area contributed by atoms with Gasteiger partial charge in [-0.25, -0.2) is 14.8 Å². The normalized spacial score (nSPS) is 10.4. The van der Waals surface area contributed by atoms with E-state index in [1.807, 2.05) is 13.8 Å². The van der Waals surface area contributed by atoms with Gasteiger partial charge in [0, 0.05) is 18.9 Å². The molecule has 2 N–H and O–H groups in total. The lowest BCUT2D eigenvalue weighted by Crippen LogP contribution is -2.27. The largest absolute Gasteiger partial charge is 0.462 e. The van der Waals surface area contributed by atoms with Crippen molar-refractivity contribution in [2.24, 2.45) is 5.92 Å². The van der Waals surface area contributed by atoms with E-state index in [-0.39, 0.29) is 11.9 Å². The predicted molar refractivity (Wildman–Crippen MR) is 94.9 cm³/mol. The van der Waals surface area contributed by atoms with Gasteiger partial charge in [0.25, 0.3) is 5.91 Å². The molecule has 0 saturated carbocycles. The second-order valence-corrected chi connectivity index (χ2v) is 5.79. The van der Waals surface area contributed by atoms with E-state index in [0.29, 0.717) is 35.9 Å². The summed E-state index contributed by atoms with van der Waals surface area (Å²) in [4.78, 5) is 32.2. The highest BCUT2D eigenvalue weighted by atomic mass is 16.5. The molecule has 0 aliphatic carbocycles. The molecule has 0 atom stereocenters. The van der Waals surface area contributed by atoms with Gasteiger partial charge in [-0.1, -0.05) is 26.0 Å². The molecule has 0 unspecified atom stereocenters. The first-order valence-electron chi connectivity index (χ1n) is 8.14. The highest BCUT2D eigenvalue weighted by Crippen LogP contribution is 2.19. The average molecular weight is 342 g/mol. The van der Waals surface area contributed by atoms with E-state index in [0.717, 1.165) is 0 Å². The standard InChI is InChI=1S/C18H22N4O3/c1-4-25-17(24)14-7-5-6-8-15(14)22-18-20-10-13(11-21-18)16(23)19-9-12(2)3/h5-8,10-12H,4,9H2,1-3H3,(H,19,23)(H,20,21,22). The molecule has 0 saturated heterocycles. The van der Waals surface area contributed by atoms with Crippen molar-refractivity contribution in [3.05, 3.63) is 47.8 Å². The Bertz CT molecular complexity index is 729. The van der Waals surface area contributed by atoms with E-state index in [1.165, 1.54) is 12.4 Å². The van der Waals surface area contributed by atoms with Gasteiger partial charge in [-0.2, -0.15) is 0 Å². The molecular weight excluding hydrogens is 320 g/mol. The van der Waals surface area contributed by atoms with Crippen LogP contribution in [-0.4, -0.2) is 35.0 Å². The number of carbonyl (C=O) groups excluding carboxylic acids is 2. The number of amides is 1. The van der Waals surface area contributed by atoms with Crippen molar-refractivity contribution in [2.75, 3.05) is 18.5 Å². The van der Waals surface area contributed by atoms with Crippen LogP contribution in [0.2, 0.25) is 0 Å². The van der Waals surface area contributed by atoms with Gasteiger partial charge < -0.3 is 15.4 Å². The molecule has 0 aliphatic rings. The molecule has 2 rings (SSSR count). The summed E-state index contributed by atoms with van der Waals surface area (Å²) in [5.74, 6) is 0.0183. The van der Waals surface area contributed by atoms with Crippen LogP contribution in [0.15, 0.2) is 36.7 Å². The van der Waals surface area contributed by atoms with Crippen molar-refractivity contribution < 1.29 is 14.3 Å². The van der Waals surface area contributed by atoms with Crippen molar-refractivity contribution in [3.63, 3.8) is 0 Å². The molecule has 1 aromatic heterocycles. The Kier molecular flexibility index (Phi) is 6.45. The van der Waals surface area contributed by atoms with Gasteiger partial charge >= 0.3 is 5.97 Å². The maximum absolute atomic E-state index is 12.0. The zero-order valence-corrected chi connectivity index (χ0v) is 14.6. The highest BCUT2D eigenvalue weighted by Gasteiger charge is 2.13. The number of nitrogens with one attached hydrogen (secondary N) is 2. The number of nitrogens with zero attached hydrogens (tertiary/aromatic N) is 2. The second kappa shape index (κ2) is 8.77. The van der Waals surface area contributed by atoms with Gasteiger partial charge in [0.05, 0.1) is 23.4 Å². The molecule has 7 heteroatoms. The summed E-state index contributed by atoms with van der Waals surface area (Å²) < 4.78 is 5.03. The summed E-state index contributed by atoms with van der Waals surface area (Å²) in [7, 11) is 0. The number of benzene rings is 1. The number of hydrogen-bond acceptors (Lipinski definition) is 6. The molecule has 132 valence electrons. The Balaban J connectivity index is 2.09. The van der Waals surface area contributed by atoms with E-state index >= 15 is 0 Å². The summed E-state index contributed by atoms with van der Waals surface area (Å²) >= 11 is 0. The highest BCUT2D eigenvalue weighted by molar-refractivity contribution is 5.96. The third-order valence-corrected chi connectivity index (χ3v) is 3.25. The van der Waals surface area contributed by atoms with Crippen LogP contribution in [0, 0.1) is 5.92 Å². The van der Waals surface area contributed by atoms with E-state index in [4.69, 9.17) is 4.74 Å². The van der Waals surface area contributed by atoms with Gasteiger partial charge in [-0.3, -0.25) is 4.79 Å². The minimum absolute atomic E-state index is 0.216. The van der Waals surface area contributed by atoms with Gasteiger partial charge in [-0.05, 0) is 25.0 Å². The van der Waals surface area contributed by atoms with Gasteiger partial charge in [-0.15, -0.1) is 0 Å². The molecule has 1 amide bonds. The number of anilines is 2. The first-order chi connectivity index (χ1) is 12.0. The first-order valence-corrected chi connectivity index (χ1v) is 8.14. The zero-order valence-electron chi connectivity index (χ0n) is 14.6. The molecule has 7 nitrogen and oxygen atoms in total. The maximum atomic E-state index is 12.0. The second-order valence-electron chi connectivity index (χ2n) is 5.79. The summed E-state index contributed by atoms with van der Waals surface area (Å²) in [5, 5.41) is 5.78. The van der Waals surface area contributed by atoms with E-state index in [1.54, 1.807) is 31.2 Å². The lowest BCUT2D eigenvalue weighted by Gasteiger charge is -2.10. The van der Waals surface area contributed by atoms with Crippen LogP contribution < -0.4 is 10.6 Å². The van der Waals surface area contributed by atoms with Crippen molar-refractivity contribution >= 4 is 23.5 Å². The van der Waals surface area contributed by atoms with Crippen molar-refractivity contribution in [3.8, 4) is 0 Å². The van der Waals surface area contributed by atoms with E-state index in [2.05, 4.69) is 20.6 Å². The van der Waals surface area contributed by atoms with Crippen LogP contribution in [-0.2, 0) is 4.74 Å². The molecule has 0 bridgehead atoms. The quantitative estimate of drug-likeness (QED) is 0.752. The van der Waals surface area contributed by atoms with E-state index < -0.39 is 5.97 Å². The Morgan fingerprint density at radius 3 is 2.48 bits per heavy atom. The molecule has 1 aromatic carbocycles. The van der Waals surface area contributed by atoms with Crippen LogP contribution in [0.1, 0.15) is 41.5 Å². The number of esters is 1. The van der Waals surface area contributed by atoms with Crippen molar-refractivity contribution in [1.82, 2.24) is 15.3 Å². The summed E-state index contributed by atoms with van der Waals surface area (Å²) in [5.41, 5.74) is 1.31. The fourth-order valence-corrected chi connectivity index (χ4v) is 2.01. The number of rotatable bonds is 7. The molecule has 0 aliphatic heterocycles. The Labute approximate surface area is 146 Å². The fraction of sp³-hybridized carbons (Fsp3) is 0.333. The molecule has 0 radical (unpaired) electrons. The number of aromatic nitrogens is 2.